The van der Waals surface area contributed by atoms with E-state index in [1.54, 1.807) is 18.3 Å². The van der Waals surface area contributed by atoms with E-state index in [1.807, 2.05) is 6.08 Å². The fraction of sp³-hybridized carbons (Fsp3) is 0.167. The molecule has 24 heavy (non-hydrogen) atoms. The van der Waals surface area contributed by atoms with Crippen LogP contribution in [0.5, 0.6) is 0 Å². The van der Waals surface area contributed by atoms with Crippen molar-refractivity contribution in [3.05, 3.63) is 70.5 Å². The van der Waals surface area contributed by atoms with Crippen molar-refractivity contribution < 1.29 is 19.0 Å². The van der Waals surface area contributed by atoms with Crippen molar-refractivity contribution in [1.82, 2.24) is 0 Å². The number of benzene rings is 1. The van der Waals surface area contributed by atoms with Gasteiger partial charge < -0.3 is 9.84 Å². The zero-order valence-corrected chi connectivity index (χ0v) is 13.2. The van der Waals surface area contributed by atoms with E-state index in [-0.39, 0.29) is 11.5 Å². The molecule has 0 saturated carbocycles. The molecule has 0 radical (unpaired) electrons. The smallest absolute Gasteiger partial charge is 0.358 e. The summed E-state index contributed by atoms with van der Waals surface area (Å²) < 4.78 is 18.1. The Morgan fingerprint density at radius 3 is 2.75 bits per heavy atom. The van der Waals surface area contributed by atoms with Gasteiger partial charge in [-0.15, -0.1) is 0 Å². The summed E-state index contributed by atoms with van der Waals surface area (Å²) in [7, 11) is 1.41. The molecule has 0 fully saturated rings. The monoisotopic (exact) mass is 328 g/mol. The van der Waals surface area contributed by atoms with Gasteiger partial charge >= 0.3 is 5.97 Å². The molecule has 1 N–H and O–H groups in total. The van der Waals surface area contributed by atoms with Crippen molar-refractivity contribution in [3.63, 3.8) is 0 Å². The number of hydrogen-bond donors (Lipinski definition) is 1. The number of halogens is 1. The molecular formula is C18H17FN2O3. The Labute approximate surface area is 139 Å². The van der Waals surface area contributed by atoms with Gasteiger partial charge in [0.25, 0.3) is 0 Å². The summed E-state index contributed by atoms with van der Waals surface area (Å²) in [4.78, 5) is 18.8. The predicted molar refractivity (Wildman–Crippen MR) is 90.6 cm³/mol. The highest BCUT2D eigenvalue weighted by atomic mass is 19.1. The summed E-state index contributed by atoms with van der Waals surface area (Å²) in [6.45, 7) is 3.45. The predicted octanol–water partition coefficient (Wildman–Crippen LogP) is 3.30. The molecule has 0 unspecified atom stereocenters. The number of aliphatic carboxylic acids is 1. The van der Waals surface area contributed by atoms with E-state index in [0.29, 0.717) is 18.6 Å². The molecule has 5 nitrogen and oxygen atoms in total. The Bertz CT molecular complexity index is 759. The standard InChI is InChI=1S/C18H17FN2O3/c1-20-10-13(7-12-3-5-15(19)6-4-12)8-14-9-16(24-2)17(18(22)23)21-11-14/h3-6,8,10-11H,1,7,9H2,2H3,(H,22,23)/b13-10-,14-8+. The van der Waals surface area contributed by atoms with Crippen LogP contribution in [0.3, 0.4) is 0 Å². The largest absolute Gasteiger partial charge is 0.498 e. The number of rotatable bonds is 6. The number of carboxylic acid groups (broad SMARTS) is 1. The summed E-state index contributed by atoms with van der Waals surface area (Å²) in [5.74, 6) is -1.12. The van der Waals surface area contributed by atoms with Gasteiger partial charge in [0.15, 0.2) is 5.70 Å². The van der Waals surface area contributed by atoms with Crippen LogP contribution in [0.25, 0.3) is 0 Å². The zero-order chi connectivity index (χ0) is 17.5. The van der Waals surface area contributed by atoms with Crippen molar-refractivity contribution in [2.75, 3.05) is 7.11 Å². The van der Waals surface area contributed by atoms with Gasteiger partial charge in [0.05, 0.1) is 7.11 Å². The number of hydrogen-bond acceptors (Lipinski definition) is 4. The van der Waals surface area contributed by atoms with Crippen molar-refractivity contribution in [1.29, 1.82) is 0 Å². The molecule has 1 aliphatic rings. The minimum atomic E-state index is -1.13. The Hall–Kier alpha value is -3.02. The lowest BCUT2D eigenvalue weighted by Crippen LogP contribution is -2.10. The first-order valence-corrected chi connectivity index (χ1v) is 7.18. The van der Waals surface area contributed by atoms with E-state index in [1.165, 1.54) is 25.5 Å². The van der Waals surface area contributed by atoms with Crippen molar-refractivity contribution in [3.8, 4) is 0 Å². The van der Waals surface area contributed by atoms with Crippen LogP contribution in [-0.4, -0.2) is 31.1 Å². The molecule has 0 amide bonds. The van der Waals surface area contributed by atoms with E-state index in [9.17, 15) is 9.18 Å². The summed E-state index contributed by atoms with van der Waals surface area (Å²) in [6, 6.07) is 6.19. The Morgan fingerprint density at radius 1 is 1.46 bits per heavy atom. The van der Waals surface area contributed by atoms with Crippen molar-refractivity contribution >= 4 is 18.9 Å². The highest BCUT2D eigenvalue weighted by Gasteiger charge is 2.19. The van der Waals surface area contributed by atoms with E-state index < -0.39 is 5.97 Å². The maximum Gasteiger partial charge on any atom is 0.358 e. The van der Waals surface area contributed by atoms with E-state index in [2.05, 4.69) is 16.7 Å². The van der Waals surface area contributed by atoms with E-state index in [4.69, 9.17) is 9.84 Å². The normalized spacial score (nSPS) is 16.4. The summed E-state index contributed by atoms with van der Waals surface area (Å²) in [5.41, 5.74) is 2.45. The topological polar surface area (TPSA) is 71.2 Å². The second kappa shape index (κ2) is 8.01. The van der Waals surface area contributed by atoms with Gasteiger partial charge in [-0.25, -0.2) is 14.2 Å². The summed E-state index contributed by atoms with van der Waals surface area (Å²) in [5, 5.41) is 9.07. The molecule has 0 spiro atoms. The van der Waals surface area contributed by atoms with Gasteiger partial charge in [-0.1, -0.05) is 18.2 Å². The van der Waals surface area contributed by atoms with Crippen LogP contribution in [0.15, 0.2) is 69.1 Å². The average Bonchev–Trinajstić information content (AvgIpc) is 2.56. The second-order valence-corrected chi connectivity index (χ2v) is 5.13. The lowest BCUT2D eigenvalue weighted by atomic mass is 10.0. The van der Waals surface area contributed by atoms with E-state index in [0.717, 1.165) is 16.7 Å². The summed E-state index contributed by atoms with van der Waals surface area (Å²) in [6.07, 6.45) is 5.80. The maximum atomic E-state index is 13.0. The molecule has 2 rings (SSSR count). The SMILES string of the molecule is C=N/C=C(\C=C1\C=NC(C(=O)O)=C(OC)C1)Cc1ccc(F)cc1. The Kier molecular flexibility index (Phi) is 5.78. The van der Waals surface area contributed by atoms with Crippen molar-refractivity contribution in [2.45, 2.75) is 12.8 Å². The number of carboxylic acids is 1. The first-order chi connectivity index (χ1) is 11.5. The van der Waals surface area contributed by atoms with Gasteiger partial charge in [0, 0.05) is 18.8 Å². The highest BCUT2D eigenvalue weighted by Crippen LogP contribution is 2.23. The molecule has 0 atom stereocenters. The minimum absolute atomic E-state index is 0.0967. The molecule has 1 aromatic carbocycles. The second-order valence-electron chi connectivity index (χ2n) is 5.13. The molecule has 0 bridgehead atoms. The molecule has 0 aliphatic carbocycles. The molecule has 1 heterocycles. The van der Waals surface area contributed by atoms with Gasteiger partial charge in [0.1, 0.15) is 11.6 Å². The fourth-order valence-electron chi connectivity index (χ4n) is 2.29. The molecule has 1 aliphatic heterocycles. The molecule has 1 aromatic rings. The fourth-order valence-corrected chi connectivity index (χ4v) is 2.29. The van der Waals surface area contributed by atoms with Crippen LogP contribution in [-0.2, 0) is 16.0 Å². The summed E-state index contributed by atoms with van der Waals surface area (Å²) >= 11 is 0. The quantitative estimate of drug-likeness (QED) is 0.815. The first kappa shape index (κ1) is 17.3. The van der Waals surface area contributed by atoms with Gasteiger partial charge in [0.2, 0.25) is 0 Å². The van der Waals surface area contributed by atoms with Gasteiger partial charge in [-0.2, -0.15) is 0 Å². The van der Waals surface area contributed by atoms with E-state index >= 15 is 0 Å². The number of methoxy groups -OCH3 is 1. The van der Waals surface area contributed by atoms with Crippen LogP contribution >= 0.6 is 0 Å². The number of allylic oxidation sites excluding steroid dienone is 3. The van der Waals surface area contributed by atoms with Gasteiger partial charge in [-0.05, 0) is 42.0 Å². The van der Waals surface area contributed by atoms with Crippen LogP contribution < -0.4 is 0 Å². The third-order valence-electron chi connectivity index (χ3n) is 3.39. The lowest BCUT2D eigenvalue weighted by Gasteiger charge is -2.14. The van der Waals surface area contributed by atoms with Crippen LogP contribution in [0, 0.1) is 5.82 Å². The maximum absolute atomic E-state index is 13.0. The molecular weight excluding hydrogens is 311 g/mol. The lowest BCUT2D eigenvalue weighted by molar-refractivity contribution is -0.132. The molecule has 124 valence electrons. The third-order valence-corrected chi connectivity index (χ3v) is 3.39. The third kappa shape index (κ3) is 4.49. The molecule has 0 saturated heterocycles. The Balaban J connectivity index is 2.22. The van der Waals surface area contributed by atoms with Crippen molar-refractivity contribution in [2.24, 2.45) is 9.98 Å². The van der Waals surface area contributed by atoms with Crippen LogP contribution in [0.4, 0.5) is 4.39 Å². The number of ether oxygens (including phenoxy) is 1. The van der Waals surface area contributed by atoms with Crippen LogP contribution in [0.2, 0.25) is 0 Å². The minimum Gasteiger partial charge on any atom is -0.498 e. The first-order valence-electron chi connectivity index (χ1n) is 7.18. The average molecular weight is 328 g/mol. The van der Waals surface area contributed by atoms with Gasteiger partial charge in [-0.3, -0.25) is 4.99 Å². The van der Waals surface area contributed by atoms with Crippen LogP contribution in [0.1, 0.15) is 12.0 Å². The number of aliphatic imine (C=N–C) groups is 2. The molecule has 6 heteroatoms. The number of nitrogens with zero attached hydrogens (tertiary/aromatic N) is 2. The number of carbonyl (C=O) groups is 1. The molecule has 0 aromatic heterocycles. The highest BCUT2D eigenvalue weighted by molar-refractivity contribution is 5.93. The Morgan fingerprint density at radius 2 is 2.17 bits per heavy atom. The zero-order valence-electron chi connectivity index (χ0n) is 13.2.